The Balaban J connectivity index is 1.81. The molecule has 144 valence electrons. The molecule has 7 heteroatoms. The van der Waals surface area contributed by atoms with Crippen LogP contribution in [-0.4, -0.2) is 21.1 Å². The Hall–Kier alpha value is -3.48. The molecule has 3 rings (SSSR count). The molecule has 0 radical (unpaired) electrons. The third-order valence-corrected chi connectivity index (χ3v) is 4.18. The highest BCUT2D eigenvalue weighted by atomic mass is 16.1. The summed E-state index contributed by atoms with van der Waals surface area (Å²) >= 11 is 0. The fraction of sp³-hybridized carbons (Fsp3) is 0.238. The van der Waals surface area contributed by atoms with E-state index in [9.17, 15) is 4.79 Å². The van der Waals surface area contributed by atoms with Crippen molar-refractivity contribution in [3.63, 3.8) is 0 Å². The van der Waals surface area contributed by atoms with Gasteiger partial charge in [-0.05, 0) is 42.2 Å². The summed E-state index contributed by atoms with van der Waals surface area (Å²) in [5.41, 5.74) is 4.82. The van der Waals surface area contributed by atoms with Crippen LogP contribution in [0.4, 0.5) is 28.8 Å². The number of nitrogens with one attached hydrogen (secondary N) is 3. The number of anilines is 5. The summed E-state index contributed by atoms with van der Waals surface area (Å²) < 4.78 is 0. The van der Waals surface area contributed by atoms with E-state index in [4.69, 9.17) is 0 Å². The first kappa shape index (κ1) is 19.3. The van der Waals surface area contributed by atoms with Crippen molar-refractivity contribution < 1.29 is 4.79 Å². The van der Waals surface area contributed by atoms with Crippen LogP contribution in [0.25, 0.3) is 0 Å². The highest BCUT2D eigenvalue weighted by Crippen LogP contribution is 2.29. The van der Waals surface area contributed by atoms with Crippen LogP contribution in [0.15, 0.2) is 48.7 Å². The molecule has 0 unspecified atom stereocenters. The summed E-state index contributed by atoms with van der Waals surface area (Å²) in [7, 11) is 0. The van der Waals surface area contributed by atoms with Gasteiger partial charge in [0.1, 0.15) is 0 Å². The van der Waals surface area contributed by atoms with Gasteiger partial charge in [-0.2, -0.15) is 10.1 Å². The molecule has 7 nitrogen and oxygen atoms in total. The fourth-order valence-electron chi connectivity index (χ4n) is 2.90. The molecule has 0 spiro atoms. The van der Waals surface area contributed by atoms with Crippen molar-refractivity contribution >= 4 is 34.7 Å². The Morgan fingerprint density at radius 3 is 2.54 bits per heavy atom. The van der Waals surface area contributed by atoms with E-state index in [1.54, 1.807) is 6.20 Å². The number of rotatable bonds is 6. The lowest BCUT2D eigenvalue weighted by Gasteiger charge is -2.16. The zero-order valence-electron chi connectivity index (χ0n) is 16.4. The van der Waals surface area contributed by atoms with Crippen LogP contribution in [0.3, 0.4) is 0 Å². The lowest BCUT2D eigenvalue weighted by atomic mass is 9.98. The topological polar surface area (TPSA) is 91.8 Å². The molecule has 0 aliphatic rings. The molecule has 3 aromatic rings. The number of amides is 1. The van der Waals surface area contributed by atoms with E-state index < -0.39 is 0 Å². The van der Waals surface area contributed by atoms with Crippen LogP contribution < -0.4 is 16.0 Å². The lowest BCUT2D eigenvalue weighted by Crippen LogP contribution is -2.07. The van der Waals surface area contributed by atoms with Gasteiger partial charge in [0.2, 0.25) is 11.9 Å². The van der Waals surface area contributed by atoms with E-state index in [-0.39, 0.29) is 5.91 Å². The van der Waals surface area contributed by atoms with Gasteiger partial charge in [-0.1, -0.05) is 38.1 Å². The molecule has 0 aliphatic heterocycles. The van der Waals surface area contributed by atoms with Gasteiger partial charge in [-0.25, -0.2) is 0 Å². The molecule has 0 fully saturated rings. The largest absolute Gasteiger partial charge is 0.339 e. The van der Waals surface area contributed by atoms with Crippen LogP contribution in [0, 0.1) is 6.92 Å². The van der Waals surface area contributed by atoms with Gasteiger partial charge < -0.3 is 16.0 Å². The number of para-hydroxylation sites is 1. The smallest absolute Gasteiger partial charge is 0.249 e. The van der Waals surface area contributed by atoms with E-state index >= 15 is 0 Å². The number of hydrogen-bond acceptors (Lipinski definition) is 6. The van der Waals surface area contributed by atoms with E-state index in [1.807, 2.05) is 24.3 Å². The Labute approximate surface area is 164 Å². The number of benzene rings is 2. The molecule has 0 aliphatic carbocycles. The zero-order valence-corrected chi connectivity index (χ0v) is 16.4. The summed E-state index contributed by atoms with van der Waals surface area (Å²) in [6.45, 7) is 7.83. The van der Waals surface area contributed by atoms with Crippen LogP contribution in [-0.2, 0) is 4.79 Å². The highest BCUT2D eigenvalue weighted by molar-refractivity contribution is 5.89. The maximum atomic E-state index is 11.2. The molecule has 0 saturated carbocycles. The predicted molar refractivity (Wildman–Crippen MR) is 112 cm³/mol. The minimum Gasteiger partial charge on any atom is -0.339 e. The van der Waals surface area contributed by atoms with Crippen molar-refractivity contribution in [2.75, 3.05) is 16.0 Å². The minimum absolute atomic E-state index is 0.119. The third kappa shape index (κ3) is 4.82. The van der Waals surface area contributed by atoms with Crippen molar-refractivity contribution in [3.8, 4) is 0 Å². The highest BCUT2D eigenvalue weighted by Gasteiger charge is 2.11. The fourth-order valence-corrected chi connectivity index (χ4v) is 2.90. The lowest BCUT2D eigenvalue weighted by molar-refractivity contribution is -0.114. The van der Waals surface area contributed by atoms with Gasteiger partial charge in [0.05, 0.1) is 6.20 Å². The van der Waals surface area contributed by atoms with Gasteiger partial charge in [-0.3, -0.25) is 4.79 Å². The van der Waals surface area contributed by atoms with Gasteiger partial charge in [0.25, 0.3) is 0 Å². The molecule has 1 heterocycles. The first-order valence-electron chi connectivity index (χ1n) is 9.13. The molecule has 0 saturated heterocycles. The average molecular weight is 376 g/mol. The van der Waals surface area contributed by atoms with Crippen molar-refractivity contribution in [2.45, 2.75) is 33.6 Å². The molecule has 0 bridgehead atoms. The second-order valence-electron chi connectivity index (χ2n) is 6.87. The molecule has 28 heavy (non-hydrogen) atoms. The van der Waals surface area contributed by atoms with Crippen molar-refractivity contribution in [2.24, 2.45) is 0 Å². The maximum absolute atomic E-state index is 11.2. The minimum atomic E-state index is -0.119. The Morgan fingerprint density at radius 2 is 1.79 bits per heavy atom. The normalized spacial score (nSPS) is 10.6. The van der Waals surface area contributed by atoms with Gasteiger partial charge >= 0.3 is 0 Å². The van der Waals surface area contributed by atoms with Crippen molar-refractivity contribution in [1.29, 1.82) is 0 Å². The average Bonchev–Trinajstić information content (AvgIpc) is 2.63. The van der Waals surface area contributed by atoms with Gasteiger partial charge in [0, 0.05) is 24.0 Å². The first-order chi connectivity index (χ1) is 13.4. The predicted octanol–water partition coefficient (Wildman–Crippen LogP) is 4.75. The Kier molecular flexibility index (Phi) is 5.84. The van der Waals surface area contributed by atoms with E-state index in [1.165, 1.54) is 12.5 Å². The summed E-state index contributed by atoms with van der Waals surface area (Å²) in [6, 6.07) is 13.6. The van der Waals surface area contributed by atoms with Gasteiger partial charge in [0.15, 0.2) is 5.82 Å². The number of carbonyl (C=O) groups excluding carboxylic acids is 1. The van der Waals surface area contributed by atoms with Crippen LogP contribution >= 0.6 is 0 Å². The molecule has 3 N–H and O–H groups in total. The number of carbonyl (C=O) groups is 1. The molecule has 0 atom stereocenters. The molecular formula is C21H24N6O. The Morgan fingerprint density at radius 1 is 1.04 bits per heavy atom. The molecule has 1 amide bonds. The number of nitrogens with zero attached hydrogens (tertiary/aromatic N) is 3. The monoisotopic (exact) mass is 376 g/mol. The summed E-state index contributed by atoms with van der Waals surface area (Å²) in [6.07, 6.45) is 1.55. The number of aromatic nitrogens is 3. The first-order valence-corrected chi connectivity index (χ1v) is 9.13. The second-order valence-corrected chi connectivity index (χ2v) is 6.87. The second kappa shape index (κ2) is 8.47. The van der Waals surface area contributed by atoms with Crippen LogP contribution in [0.1, 0.15) is 37.8 Å². The number of hydrogen-bond donors (Lipinski definition) is 3. The van der Waals surface area contributed by atoms with E-state index in [0.717, 1.165) is 16.9 Å². The van der Waals surface area contributed by atoms with Gasteiger partial charge in [-0.15, -0.1) is 5.10 Å². The third-order valence-electron chi connectivity index (χ3n) is 4.18. The summed E-state index contributed by atoms with van der Waals surface area (Å²) in [5.74, 6) is 1.22. The maximum Gasteiger partial charge on any atom is 0.249 e. The standard InChI is InChI=1S/C21H24N6O/c1-13(2)18-10-5-7-14(3)20(18)26-21-25-19(12-22-27-21)24-17-9-6-8-16(11-17)23-15(4)28/h5-13H,1-4H3,(H,23,28)(H2,24,25,26,27). The molecule has 1 aromatic heterocycles. The molecular weight excluding hydrogens is 352 g/mol. The Bertz CT molecular complexity index is 986. The van der Waals surface area contributed by atoms with E-state index in [2.05, 4.69) is 70.1 Å². The summed E-state index contributed by atoms with van der Waals surface area (Å²) in [4.78, 5) is 15.7. The van der Waals surface area contributed by atoms with Crippen molar-refractivity contribution in [1.82, 2.24) is 15.2 Å². The van der Waals surface area contributed by atoms with E-state index in [0.29, 0.717) is 23.4 Å². The molecule has 2 aromatic carbocycles. The van der Waals surface area contributed by atoms with Crippen molar-refractivity contribution in [3.05, 3.63) is 59.8 Å². The summed E-state index contributed by atoms with van der Waals surface area (Å²) in [5, 5.41) is 17.4. The van der Waals surface area contributed by atoms with Crippen LogP contribution in [0.5, 0.6) is 0 Å². The number of aryl methyl sites for hydroxylation is 1. The SMILES string of the molecule is CC(=O)Nc1cccc(Nc2cnnc(Nc3c(C)cccc3C(C)C)n2)c1. The quantitative estimate of drug-likeness (QED) is 0.575. The van der Waals surface area contributed by atoms with Crippen LogP contribution in [0.2, 0.25) is 0 Å². The zero-order chi connectivity index (χ0) is 20.1.